The molecule has 0 atom stereocenters. The van der Waals surface area contributed by atoms with Gasteiger partial charge in [-0.25, -0.2) is 4.98 Å². The zero-order chi connectivity index (χ0) is 16.9. The Morgan fingerprint density at radius 3 is 2.83 bits per heavy atom. The number of nitrogens with zero attached hydrogens (tertiary/aromatic N) is 3. The van der Waals surface area contributed by atoms with Crippen molar-refractivity contribution in [3.05, 3.63) is 65.5 Å². The van der Waals surface area contributed by atoms with E-state index in [-0.39, 0.29) is 12.1 Å². The summed E-state index contributed by atoms with van der Waals surface area (Å²) in [6.07, 6.45) is 1.66. The van der Waals surface area contributed by atoms with E-state index in [0.717, 1.165) is 5.52 Å². The number of carbonyl (C=O) groups is 1. The maximum absolute atomic E-state index is 14.4. The van der Waals surface area contributed by atoms with Gasteiger partial charge in [0.25, 0.3) is 11.8 Å². The van der Waals surface area contributed by atoms with Crippen LogP contribution >= 0.6 is 0 Å². The summed E-state index contributed by atoms with van der Waals surface area (Å²) in [5.74, 6) is -3.45. The zero-order valence-electron chi connectivity index (χ0n) is 13.0. The van der Waals surface area contributed by atoms with Gasteiger partial charge in [0.05, 0.1) is 23.9 Å². The molecule has 4 rings (SSSR count). The molecule has 0 saturated heterocycles. The first-order valence-electron chi connectivity index (χ1n) is 7.62. The first kappa shape index (κ1) is 14.8. The number of aryl methyl sites for hydroxylation is 1. The molecule has 0 unspecified atom stereocenters. The Kier molecular flexibility index (Phi) is 3.16. The summed E-state index contributed by atoms with van der Waals surface area (Å²) in [5.41, 5.74) is 2.43. The van der Waals surface area contributed by atoms with Crippen LogP contribution in [0.15, 0.2) is 48.8 Å². The first-order chi connectivity index (χ1) is 11.5. The van der Waals surface area contributed by atoms with Gasteiger partial charge in [0.2, 0.25) is 0 Å². The molecule has 1 aliphatic rings. The number of amides is 1. The third kappa shape index (κ3) is 2.26. The molecular weight excluding hydrogens is 312 g/mol. The molecule has 0 fully saturated rings. The lowest BCUT2D eigenvalue weighted by Gasteiger charge is -2.34. The second-order valence-electron chi connectivity index (χ2n) is 6.08. The second kappa shape index (κ2) is 5.12. The highest BCUT2D eigenvalue weighted by atomic mass is 19.3. The molecule has 0 saturated carbocycles. The molecule has 24 heavy (non-hydrogen) atoms. The Morgan fingerprint density at radius 2 is 2.00 bits per heavy atom. The quantitative estimate of drug-likeness (QED) is 0.688. The van der Waals surface area contributed by atoms with Crippen LogP contribution in [0.3, 0.4) is 0 Å². The number of halogens is 2. The van der Waals surface area contributed by atoms with Gasteiger partial charge < -0.3 is 9.47 Å². The van der Waals surface area contributed by atoms with Crippen LogP contribution in [-0.2, 0) is 19.5 Å². The summed E-state index contributed by atoms with van der Waals surface area (Å²) >= 11 is 0. The van der Waals surface area contributed by atoms with Crippen LogP contribution in [-0.4, -0.2) is 26.9 Å². The monoisotopic (exact) mass is 327 g/mol. The fraction of sp³-hybridized carbons (Fsp3) is 0.222. The largest absolute Gasteiger partial charge is 0.334 e. The van der Waals surface area contributed by atoms with E-state index in [1.54, 1.807) is 42.7 Å². The Bertz CT molecular complexity index is 948. The lowest BCUT2D eigenvalue weighted by atomic mass is 9.96. The SMILES string of the molecule is Cn1cnc2cc(C(=O)N3Cc4ccccc4C(F)(F)C3)ccc21. The average Bonchev–Trinajstić information content (AvgIpc) is 2.94. The van der Waals surface area contributed by atoms with Crippen LogP contribution in [0.5, 0.6) is 0 Å². The number of fused-ring (bicyclic) bond motifs is 2. The second-order valence-corrected chi connectivity index (χ2v) is 6.08. The third-order valence-electron chi connectivity index (χ3n) is 4.42. The first-order valence-corrected chi connectivity index (χ1v) is 7.62. The molecule has 1 amide bonds. The predicted octanol–water partition coefficient (Wildman–Crippen LogP) is 3.32. The summed E-state index contributed by atoms with van der Waals surface area (Å²) in [7, 11) is 1.86. The Balaban J connectivity index is 1.69. The summed E-state index contributed by atoms with van der Waals surface area (Å²) < 4.78 is 30.6. The van der Waals surface area contributed by atoms with Crippen molar-refractivity contribution in [2.75, 3.05) is 6.54 Å². The number of aromatic nitrogens is 2. The topological polar surface area (TPSA) is 38.1 Å². The molecule has 3 aromatic rings. The number of rotatable bonds is 1. The maximum Gasteiger partial charge on any atom is 0.290 e. The standard InChI is InChI=1S/C18H15F2N3O/c1-22-11-21-15-8-12(6-7-16(15)22)17(24)23-9-13-4-2-3-5-14(13)18(19,20)10-23/h2-8,11H,9-10H2,1H3. The molecule has 4 nitrogen and oxygen atoms in total. The summed E-state index contributed by atoms with van der Waals surface area (Å²) in [4.78, 5) is 18.1. The van der Waals surface area contributed by atoms with Gasteiger partial charge >= 0.3 is 0 Å². The summed E-state index contributed by atoms with van der Waals surface area (Å²) in [6, 6.07) is 11.5. The molecule has 2 aromatic carbocycles. The molecule has 0 bridgehead atoms. The molecule has 6 heteroatoms. The number of imidazole rings is 1. The normalized spacial score (nSPS) is 16.2. The Morgan fingerprint density at radius 1 is 1.21 bits per heavy atom. The van der Waals surface area contributed by atoms with Crippen molar-refractivity contribution in [3.8, 4) is 0 Å². The van der Waals surface area contributed by atoms with E-state index in [1.807, 2.05) is 11.6 Å². The highest BCUT2D eigenvalue weighted by Gasteiger charge is 2.41. The number of hydrogen-bond acceptors (Lipinski definition) is 2. The van der Waals surface area contributed by atoms with Crippen molar-refractivity contribution in [2.45, 2.75) is 12.5 Å². The van der Waals surface area contributed by atoms with Gasteiger partial charge in [-0.05, 0) is 23.8 Å². The van der Waals surface area contributed by atoms with Gasteiger partial charge in [0.15, 0.2) is 0 Å². The smallest absolute Gasteiger partial charge is 0.290 e. The summed E-state index contributed by atoms with van der Waals surface area (Å²) in [5, 5.41) is 0. The molecule has 0 spiro atoms. The van der Waals surface area contributed by atoms with Crippen molar-refractivity contribution in [3.63, 3.8) is 0 Å². The van der Waals surface area contributed by atoms with Gasteiger partial charge in [0.1, 0.15) is 0 Å². The lowest BCUT2D eigenvalue weighted by Crippen LogP contribution is -2.43. The molecule has 1 aromatic heterocycles. The molecule has 1 aliphatic heterocycles. The van der Waals surface area contributed by atoms with Crippen LogP contribution in [0.1, 0.15) is 21.5 Å². The molecule has 2 heterocycles. The minimum atomic E-state index is -3.04. The average molecular weight is 327 g/mol. The van der Waals surface area contributed by atoms with Crippen molar-refractivity contribution in [1.29, 1.82) is 0 Å². The minimum absolute atomic E-state index is 0.00854. The number of alkyl halides is 2. The molecule has 122 valence electrons. The van der Waals surface area contributed by atoms with Crippen molar-refractivity contribution in [2.24, 2.45) is 7.05 Å². The van der Waals surface area contributed by atoms with Crippen LogP contribution in [0, 0.1) is 0 Å². The third-order valence-corrected chi connectivity index (χ3v) is 4.42. The van der Waals surface area contributed by atoms with Gasteiger partial charge in [-0.1, -0.05) is 24.3 Å². The maximum atomic E-state index is 14.4. The van der Waals surface area contributed by atoms with E-state index in [1.165, 1.54) is 11.0 Å². The van der Waals surface area contributed by atoms with Crippen LogP contribution in [0.25, 0.3) is 11.0 Å². The number of carbonyl (C=O) groups excluding carboxylic acids is 1. The van der Waals surface area contributed by atoms with Gasteiger partial charge in [0, 0.05) is 24.7 Å². The molecule has 0 N–H and O–H groups in total. The molecular formula is C18H15F2N3O. The van der Waals surface area contributed by atoms with Crippen LogP contribution in [0.2, 0.25) is 0 Å². The van der Waals surface area contributed by atoms with Crippen molar-refractivity contribution < 1.29 is 13.6 Å². The van der Waals surface area contributed by atoms with Gasteiger partial charge in [-0.15, -0.1) is 0 Å². The summed E-state index contributed by atoms with van der Waals surface area (Å²) in [6.45, 7) is -0.423. The number of hydrogen-bond donors (Lipinski definition) is 0. The highest BCUT2D eigenvalue weighted by molar-refractivity contribution is 5.97. The van der Waals surface area contributed by atoms with Crippen LogP contribution < -0.4 is 0 Å². The van der Waals surface area contributed by atoms with E-state index >= 15 is 0 Å². The highest BCUT2D eigenvalue weighted by Crippen LogP contribution is 2.36. The van der Waals surface area contributed by atoms with Crippen molar-refractivity contribution >= 4 is 16.9 Å². The van der Waals surface area contributed by atoms with E-state index in [0.29, 0.717) is 16.6 Å². The van der Waals surface area contributed by atoms with Gasteiger partial charge in [-0.3, -0.25) is 4.79 Å². The minimum Gasteiger partial charge on any atom is -0.334 e. The zero-order valence-corrected chi connectivity index (χ0v) is 13.0. The van der Waals surface area contributed by atoms with E-state index in [4.69, 9.17) is 0 Å². The fourth-order valence-corrected chi connectivity index (χ4v) is 3.20. The number of benzene rings is 2. The van der Waals surface area contributed by atoms with Crippen molar-refractivity contribution in [1.82, 2.24) is 14.5 Å². The fourth-order valence-electron chi connectivity index (χ4n) is 3.20. The molecule has 0 aliphatic carbocycles. The Labute approximate surface area is 137 Å². The van der Waals surface area contributed by atoms with Crippen LogP contribution in [0.4, 0.5) is 8.78 Å². The predicted molar refractivity (Wildman–Crippen MR) is 85.8 cm³/mol. The van der Waals surface area contributed by atoms with E-state index in [2.05, 4.69) is 4.98 Å². The Hall–Kier alpha value is -2.76. The van der Waals surface area contributed by atoms with E-state index < -0.39 is 18.4 Å². The lowest BCUT2D eigenvalue weighted by molar-refractivity contribution is -0.0451. The van der Waals surface area contributed by atoms with Gasteiger partial charge in [-0.2, -0.15) is 8.78 Å². The van der Waals surface area contributed by atoms with E-state index in [9.17, 15) is 13.6 Å². The molecule has 0 radical (unpaired) electrons.